The van der Waals surface area contributed by atoms with Crippen LogP contribution in [0.25, 0.3) is 17.1 Å². The summed E-state index contributed by atoms with van der Waals surface area (Å²) in [6.45, 7) is 1.51. The first-order valence-electron chi connectivity index (χ1n) is 8.35. The van der Waals surface area contributed by atoms with Crippen LogP contribution in [0.15, 0.2) is 59.1 Å². The molecule has 0 amide bonds. The van der Waals surface area contributed by atoms with Crippen molar-refractivity contribution in [2.45, 2.75) is 13.5 Å². The van der Waals surface area contributed by atoms with Crippen molar-refractivity contribution < 1.29 is 14.1 Å². The maximum absolute atomic E-state index is 12.4. The number of hydrogen-bond acceptors (Lipinski definition) is 7. The normalized spacial score (nSPS) is 10.8. The van der Waals surface area contributed by atoms with Crippen molar-refractivity contribution in [2.24, 2.45) is 0 Å². The Kier molecular flexibility index (Phi) is 4.86. The predicted octanol–water partition coefficient (Wildman–Crippen LogP) is 3.64. The lowest BCUT2D eigenvalue weighted by atomic mass is 10.2. The number of nitrogens with zero attached hydrogens (tertiary/aromatic N) is 5. The van der Waals surface area contributed by atoms with Crippen LogP contribution in [0.1, 0.15) is 22.1 Å². The third-order valence-electron chi connectivity index (χ3n) is 3.84. The number of aryl methyl sites for hydroxylation is 1. The van der Waals surface area contributed by atoms with E-state index in [0.717, 1.165) is 5.69 Å². The second-order valence-corrected chi connectivity index (χ2v) is 6.29. The third kappa shape index (κ3) is 3.77. The van der Waals surface area contributed by atoms with Gasteiger partial charge in [0.25, 0.3) is 5.89 Å². The highest BCUT2D eigenvalue weighted by Gasteiger charge is 2.19. The predicted molar refractivity (Wildman–Crippen MR) is 100.0 cm³/mol. The Morgan fingerprint density at radius 2 is 1.96 bits per heavy atom. The zero-order valence-corrected chi connectivity index (χ0v) is 15.5. The zero-order valence-electron chi connectivity index (χ0n) is 14.7. The number of rotatable bonds is 5. The van der Waals surface area contributed by atoms with Gasteiger partial charge in [-0.3, -0.25) is 0 Å². The van der Waals surface area contributed by atoms with Gasteiger partial charge in [0.1, 0.15) is 0 Å². The molecular weight excluding hydrogens is 382 g/mol. The molecule has 0 aliphatic carbocycles. The van der Waals surface area contributed by atoms with Gasteiger partial charge in [-0.15, -0.1) is 5.10 Å². The minimum atomic E-state index is -0.623. The second-order valence-electron chi connectivity index (χ2n) is 5.86. The molecule has 0 saturated heterocycles. The Balaban J connectivity index is 1.45. The van der Waals surface area contributed by atoms with Crippen LogP contribution in [0.4, 0.5) is 0 Å². The number of halogens is 1. The fraction of sp³-hybridized carbons (Fsp3) is 0.105. The van der Waals surface area contributed by atoms with Gasteiger partial charge >= 0.3 is 5.97 Å². The van der Waals surface area contributed by atoms with E-state index in [1.54, 1.807) is 31.2 Å². The molecular formula is C19H14ClN5O3. The average molecular weight is 396 g/mol. The molecule has 0 aliphatic heterocycles. The van der Waals surface area contributed by atoms with Crippen LogP contribution >= 0.6 is 11.6 Å². The summed E-state index contributed by atoms with van der Waals surface area (Å²) in [5, 5.41) is 12.9. The monoisotopic (exact) mass is 395 g/mol. The standard InChI is InChI=1S/C19H14ClN5O3/c1-12-17(23-25(22-12)15-8-3-2-4-9-15)19(26)27-11-16-21-18(24-28-16)13-6-5-7-14(20)10-13/h2-10H,11H2,1H3. The molecule has 0 unspecified atom stereocenters. The largest absolute Gasteiger partial charge is 0.451 e. The Morgan fingerprint density at radius 1 is 1.14 bits per heavy atom. The van der Waals surface area contributed by atoms with Crippen molar-refractivity contribution in [3.8, 4) is 17.1 Å². The molecule has 2 aromatic carbocycles. The molecule has 0 radical (unpaired) electrons. The lowest BCUT2D eigenvalue weighted by Gasteiger charge is -1.99. The lowest BCUT2D eigenvalue weighted by Crippen LogP contribution is -2.08. The van der Waals surface area contributed by atoms with Crippen LogP contribution in [-0.2, 0) is 11.3 Å². The van der Waals surface area contributed by atoms with Crippen LogP contribution in [0.3, 0.4) is 0 Å². The highest BCUT2D eigenvalue weighted by Crippen LogP contribution is 2.20. The number of para-hydroxylation sites is 1. The fourth-order valence-corrected chi connectivity index (χ4v) is 2.69. The number of esters is 1. The SMILES string of the molecule is Cc1nn(-c2ccccc2)nc1C(=O)OCc1nc(-c2cccc(Cl)c2)no1. The third-order valence-corrected chi connectivity index (χ3v) is 4.08. The Labute approximate surface area is 164 Å². The van der Waals surface area contributed by atoms with Crippen LogP contribution in [-0.4, -0.2) is 31.1 Å². The van der Waals surface area contributed by atoms with Crippen LogP contribution in [0.5, 0.6) is 0 Å². The summed E-state index contributed by atoms with van der Waals surface area (Å²) in [6, 6.07) is 16.3. The molecule has 28 heavy (non-hydrogen) atoms. The maximum Gasteiger partial charge on any atom is 0.361 e. The van der Waals surface area contributed by atoms with E-state index in [2.05, 4.69) is 20.3 Å². The van der Waals surface area contributed by atoms with Gasteiger partial charge in [0.15, 0.2) is 12.3 Å². The van der Waals surface area contributed by atoms with Crippen LogP contribution < -0.4 is 0 Å². The molecule has 0 fully saturated rings. The molecule has 4 aromatic rings. The van der Waals surface area contributed by atoms with Crippen molar-refractivity contribution in [2.75, 3.05) is 0 Å². The highest BCUT2D eigenvalue weighted by atomic mass is 35.5. The summed E-state index contributed by atoms with van der Waals surface area (Å²) in [5.74, 6) is -0.0987. The van der Waals surface area contributed by atoms with E-state index in [4.69, 9.17) is 20.9 Å². The Morgan fingerprint density at radius 3 is 2.75 bits per heavy atom. The van der Waals surface area contributed by atoms with E-state index in [9.17, 15) is 4.79 Å². The minimum absolute atomic E-state index is 0.124. The molecule has 0 saturated carbocycles. The summed E-state index contributed by atoms with van der Waals surface area (Å²) in [7, 11) is 0. The van der Waals surface area contributed by atoms with Gasteiger partial charge in [-0.1, -0.05) is 47.1 Å². The van der Waals surface area contributed by atoms with Gasteiger partial charge in [0.2, 0.25) is 5.82 Å². The van der Waals surface area contributed by atoms with Crippen molar-refractivity contribution in [1.82, 2.24) is 25.1 Å². The fourth-order valence-electron chi connectivity index (χ4n) is 2.50. The molecule has 0 N–H and O–H groups in total. The van der Waals surface area contributed by atoms with Crippen LogP contribution in [0, 0.1) is 6.92 Å². The Hall–Kier alpha value is -3.52. The van der Waals surface area contributed by atoms with Gasteiger partial charge in [-0.05, 0) is 31.2 Å². The number of carbonyl (C=O) groups is 1. The molecule has 0 atom stereocenters. The van der Waals surface area contributed by atoms with Gasteiger partial charge in [0, 0.05) is 10.6 Å². The highest BCUT2D eigenvalue weighted by molar-refractivity contribution is 6.30. The first kappa shape index (κ1) is 17.9. The number of aromatic nitrogens is 5. The van der Waals surface area contributed by atoms with E-state index in [1.807, 2.05) is 30.3 Å². The zero-order chi connectivity index (χ0) is 19.5. The van der Waals surface area contributed by atoms with Gasteiger partial charge in [-0.25, -0.2) is 4.79 Å². The van der Waals surface area contributed by atoms with Crippen LogP contribution in [0.2, 0.25) is 5.02 Å². The van der Waals surface area contributed by atoms with E-state index < -0.39 is 5.97 Å². The number of hydrogen-bond donors (Lipinski definition) is 0. The molecule has 8 nitrogen and oxygen atoms in total. The topological polar surface area (TPSA) is 95.9 Å². The maximum atomic E-state index is 12.4. The molecule has 140 valence electrons. The molecule has 2 aromatic heterocycles. The molecule has 0 bridgehead atoms. The van der Waals surface area contributed by atoms with Crippen molar-refractivity contribution in [3.05, 3.63) is 76.9 Å². The first-order valence-corrected chi connectivity index (χ1v) is 8.73. The lowest BCUT2D eigenvalue weighted by molar-refractivity contribution is 0.0421. The van der Waals surface area contributed by atoms with Crippen molar-refractivity contribution in [3.63, 3.8) is 0 Å². The van der Waals surface area contributed by atoms with Crippen molar-refractivity contribution in [1.29, 1.82) is 0 Å². The second kappa shape index (κ2) is 7.61. The summed E-state index contributed by atoms with van der Waals surface area (Å²) in [6.07, 6.45) is 0. The first-order chi connectivity index (χ1) is 13.6. The summed E-state index contributed by atoms with van der Waals surface area (Å²) >= 11 is 5.96. The molecule has 9 heteroatoms. The molecule has 4 rings (SSSR count). The molecule has 0 spiro atoms. The summed E-state index contributed by atoms with van der Waals surface area (Å²) in [4.78, 5) is 18.0. The Bertz CT molecular complexity index is 1120. The number of ether oxygens (including phenoxy) is 1. The van der Waals surface area contributed by atoms with Crippen molar-refractivity contribution >= 4 is 17.6 Å². The number of benzene rings is 2. The van der Waals surface area contributed by atoms with E-state index >= 15 is 0 Å². The summed E-state index contributed by atoms with van der Waals surface area (Å²) < 4.78 is 10.4. The molecule has 2 heterocycles. The minimum Gasteiger partial charge on any atom is -0.451 e. The van der Waals surface area contributed by atoms with E-state index in [0.29, 0.717) is 22.1 Å². The van der Waals surface area contributed by atoms with Gasteiger partial charge in [-0.2, -0.15) is 14.9 Å². The average Bonchev–Trinajstić information content (AvgIpc) is 3.34. The summed E-state index contributed by atoms with van der Waals surface area (Å²) in [5.41, 5.74) is 2.03. The smallest absolute Gasteiger partial charge is 0.361 e. The van der Waals surface area contributed by atoms with Gasteiger partial charge in [0.05, 0.1) is 11.4 Å². The number of carbonyl (C=O) groups excluding carboxylic acids is 1. The van der Waals surface area contributed by atoms with E-state index in [1.165, 1.54) is 4.80 Å². The van der Waals surface area contributed by atoms with E-state index in [-0.39, 0.29) is 18.2 Å². The quantitative estimate of drug-likeness (QED) is 0.476. The molecule has 0 aliphatic rings. The van der Waals surface area contributed by atoms with Gasteiger partial charge < -0.3 is 9.26 Å².